The van der Waals surface area contributed by atoms with Gasteiger partial charge in [0.2, 0.25) is 0 Å². The fourth-order valence-corrected chi connectivity index (χ4v) is 3.77. The highest BCUT2D eigenvalue weighted by Crippen LogP contribution is 2.21. The number of aryl methyl sites for hydroxylation is 1. The molecule has 0 bridgehead atoms. The van der Waals surface area contributed by atoms with Crippen LogP contribution in [0.5, 0.6) is 5.75 Å². The van der Waals surface area contributed by atoms with Gasteiger partial charge in [-0.1, -0.05) is 41.4 Å². The standard InChI is InChI=1S/C23H24ClFN4O2/c1-17-3-2-4-18(13-17)15-27-9-11-28(12-10-27)23(30)22-7-8-29(26-22)16-31-19-5-6-21(25)20(24)14-19/h2-8,13-14H,9-12,15-16H2,1H3. The third-order valence-electron chi connectivity index (χ3n) is 5.26. The van der Waals surface area contributed by atoms with E-state index in [0.717, 1.165) is 19.6 Å². The summed E-state index contributed by atoms with van der Waals surface area (Å²) in [6.45, 7) is 6.08. The molecule has 8 heteroatoms. The van der Waals surface area contributed by atoms with Gasteiger partial charge in [0.15, 0.2) is 12.4 Å². The van der Waals surface area contributed by atoms with Crippen molar-refractivity contribution in [2.75, 3.05) is 26.2 Å². The molecule has 4 rings (SSSR count). The van der Waals surface area contributed by atoms with Gasteiger partial charge in [0, 0.05) is 45.0 Å². The van der Waals surface area contributed by atoms with Crippen molar-refractivity contribution in [2.24, 2.45) is 0 Å². The largest absolute Gasteiger partial charge is 0.471 e. The van der Waals surface area contributed by atoms with Crippen LogP contribution >= 0.6 is 11.6 Å². The highest BCUT2D eigenvalue weighted by molar-refractivity contribution is 6.30. The first-order valence-corrected chi connectivity index (χ1v) is 10.5. The summed E-state index contributed by atoms with van der Waals surface area (Å²) in [5, 5.41) is 4.31. The van der Waals surface area contributed by atoms with Crippen LogP contribution in [0.15, 0.2) is 54.7 Å². The highest BCUT2D eigenvalue weighted by Gasteiger charge is 2.23. The molecular weight excluding hydrogens is 419 g/mol. The Hall–Kier alpha value is -2.90. The zero-order valence-electron chi connectivity index (χ0n) is 17.3. The van der Waals surface area contributed by atoms with E-state index < -0.39 is 5.82 Å². The Balaban J connectivity index is 1.28. The van der Waals surface area contributed by atoms with Crippen LogP contribution in [0.4, 0.5) is 4.39 Å². The molecule has 1 saturated heterocycles. The summed E-state index contributed by atoms with van der Waals surface area (Å²) in [4.78, 5) is 17.0. The Labute approximate surface area is 185 Å². The molecule has 0 radical (unpaired) electrons. The predicted octanol–water partition coefficient (Wildman–Crippen LogP) is 3.98. The van der Waals surface area contributed by atoms with Crippen molar-refractivity contribution in [3.05, 3.63) is 82.4 Å². The lowest BCUT2D eigenvalue weighted by Gasteiger charge is -2.34. The van der Waals surface area contributed by atoms with Crippen LogP contribution in [0, 0.1) is 12.7 Å². The van der Waals surface area contributed by atoms with Crippen LogP contribution in [0.3, 0.4) is 0 Å². The Morgan fingerprint density at radius 2 is 1.94 bits per heavy atom. The van der Waals surface area contributed by atoms with E-state index in [2.05, 4.69) is 41.2 Å². The number of aromatic nitrogens is 2. The lowest BCUT2D eigenvalue weighted by Crippen LogP contribution is -2.48. The number of carbonyl (C=O) groups is 1. The molecule has 0 unspecified atom stereocenters. The lowest BCUT2D eigenvalue weighted by atomic mass is 10.1. The summed E-state index contributed by atoms with van der Waals surface area (Å²) in [5.74, 6) is -0.154. The minimum absolute atomic E-state index is 0.00428. The first-order chi connectivity index (χ1) is 15.0. The number of hydrogen-bond donors (Lipinski definition) is 0. The molecule has 3 aromatic rings. The minimum atomic E-state index is -0.500. The van der Waals surface area contributed by atoms with Gasteiger partial charge in [0.1, 0.15) is 11.6 Å². The topological polar surface area (TPSA) is 50.6 Å². The van der Waals surface area contributed by atoms with Gasteiger partial charge < -0.3 is 9.64 Å². The predicted molar refractivity (Wildman–Crippen MR) is 117 cm³/mol. The molecule has 1 aliphatic rings. The summed E-state index contributed by atoms with van der Waals surface area (Å²) in [6.07, 6.45) is 1.69. The van der Waals surface area contributed by atoms with E-state index in [1.165, 1.54) is 34.0 Å². The van der Waals surface area contributed by atoms with E-state index in [-0.39, 0.29) is 17.7 Å². The van der Waals surface area contributed by atoms with Crippen molar-refractivity contribution >= 4 is 17.5 Å². The molecule has 2 heterocycles. The number of rotatable bonds is 6. The molecule has 0 spiro atoms. The van der Waals surface area contributed by atoms with E-state index in [0.29, 0.717) is 24.5 Å². The number of amides is 1. The van der Waals surface area contributed by atoms with E-state index in [1.807, 2.05) is 4.90 Å². The number of hydrogen-bond acceptors (Lipinski definition) is 4. The minimum Gasteiger partial charge on any atom is -0.471 e. The molecule has 1 aromatic heterocycles. The molecule has 0 atom stereocenters. The SMILES string of the molecule is Cc1cccc(CN2CCN(C(=O)c3ccn(COc4ccc(F)c(Cl)c4)n3)CC2)c1. The van der Waals surface area contributed by atoms with Crippen LogP contribution in [0.1, 0.15) is 21.6 Å². The second-order valence-electron chi connectivity index (χ2n) is 7.65. The van der Waals surface area contributed by atoms with Crippen LogP contribution in [0.25, 0.3) is 0 Å². The summed E-state index contributed by atoms with van der Waals surface area (Å²) in [7, 11) is 0. The Bertz CT molecular complexity index is 1060. The van der Waals surface area contributed by atoms with Crippen molar-refractivity contribution in [1.29, 1.82) is 0 Å². The monoisotopic (exact) mass is 442 g/mol. The van der Waals surface area contributed by atoms with Crippen LogP contribution in [0.2, 0.25) is 5.02 Å². The molecule has 162 valence electrons. The van der Waals surface area contributed by atoms with Gasteiger partial charge in [-0.25, -0.2) is 9.07 Å². The molecule has 0 aliphatic carbocycles. The highest BCUT2D eigenvalue weighted by atomic mass is 35.5. The second kappa shape index (κ2) is 9.49. The molecule has 2 aromatic carbocycles. The van der Waals surface area contributed by atoms with E-state index in [4.69, 9.17) is 16.3 Å². The zero-order valence-corrected chi connectivity index (χ0v) is 18.1. The average molecular weight is 443 g/mol. The third kappa shape index (κ3) is 5.42. The van der Waals surface area contributed by atoms with Gasteiger partial charge in [-0.15, -0.1) is 0 Å². The van der Waals surface area contributed by atoms with Gasteiger partial charge in [-0.3, -0.25) is 9.69 Å². The summed E-state index contributed by atoms with van der Waals surface area (Å²) in [6, 6.07) is 14.3. The first-order valence-electron chi connectivity index (χ1n) is 10.2. The summed E-state index contributed by atoms with van der Waals surface area (Å²) < 4.78 is 20.3. The Morgan fingerprint density at radius 3 is 2.68 bits per heavy atom. The maximum absolute atomic E-state index is 13.2. The number of nitrogens with zero attached hydrogens (tertiary/aromatic N) is 4. The maximum atomic E-state index is 13.2. The molecule has 0 saturated carbocycles. The zero-order chi connectivity index (χ0) is 21.8. The van der Waals surface area contributed by atoms with Gasteiger partial charge >= 0.3 is 0 Å². The fourth-order valence-electron chi connectivity index (χ4n) is 3.59. The average Bonchev–Trinajstić information content (AvgIpc) is 3.24. The first kappa shape index (κ1) is 21.3. The number of benzene rings is 2. The molecule has 1 amide bonds. The molecule has 1 aliphatic heterocycles. The number of ether oxygens (including phenoxy) is 1. The summed E-state index contributed by atoms with van der Waals surface area (Å²) >= 11 is 5.76. The van der Waals surface area contributed by atoms with Crippen molar-refractivity contribution in [3.8, 4) is 5.75 Å². The Morgan fingerprint density at radius 1 is 1.13 bits per heavy atom. The van der Waals surface area contributed by atoms with Crippen molar-refractivity contribution in [1.82, 2.24) is 19.6 Å². The second-order valence-corrected chi connectivity index (χ2v) is 8.05. The van der Waals surface area contributed by atoms with Gasteiger partial charge in [0.05, 0.1) is 5.02 Å². The van der Waals surface area contributed by atoms with Gasteiger partial charge in [-0.2, -0.15) is 5.10 Å². The number of carbonyl (C=O) groups excluding carboxylic acids is 1. The van der Waals surface area contributed by atoms with Gasteiger partial charge in [-0.05, 0) is 30.7 Å². The number of halogens is 2. The van der Waals surface area contributed by atoms with Crippen molar-refractivity contribution < 1.29 is 13.9 Å². The molecule has 6 nitrogen and oxygen atoms in total. The normalized spacial score (nSPS) is 14.6. The van der Waals surface area contributed by atoms with E-state index in [9.17, 15) is 9.18 Å². The molecule has 31 heavy (non-hydrogen) atoms. The van der Waals surface area contributed by atoms with Crippen LogP contribution < -0.4 is 4.74 Å². The Kier molecular flexibility index (Phi) is 6.53. The molecule has 1 fully saturated rings. The smallest absolute Gasteiger partial charge is 0.274 e. The maximum Gasteiger partial charge on any atom is 0.274 e. The van der Waals surface area contributed by atoms with E-state index >= 15 is 0 Å². The van der Waals surface area contributed by atoms with Crippen LogP contribution in [-0.2, 0) is 13.3 Å². The number of piperazine rings is 1. The molecular formula is C23H24ClFN4O2. The third-order valence-corrected chi connectivity index (χ3v) is 5.55. The fraction of sp³-hybridized carbons (Fsp3) is 0.304. The quantitative estimate of drug-likeness (QED) is 0.579. The van der Waals surface area contributed by atoms with Crippen LogP contribution in [-0.4, -0.2) is 51.7 Å². The summed E-state index contributed by atoms with van der Waals surface area (Å²) in [5.41, 5.74) is 2.93. The van der Waals surface area contributed by atoms with Crippen molar-refractivity contribution in [2.45, 2.75) is 20.2 Å². The molecule has 0 N–H and O–H groups in total. The van der Waals surface area contributed by atoms with Gasteiger partial charge in [0.25, 0.3) is 5.91 Å². The van der Waals surface area contributed by atoms with E-state index in [1.54, 1.807) is 12.3 Å². The van der Waals surface area contributed by atoms with Crippen molar-refractivity contribution in [3.63, 3.8) is 0 Å². The lowest BCUT2D eigenvalue weighted by molar-refractivity contribution is 0.0621.